The van der Waals surface area contributed by atoms with Gasteiger partial charge < -0.3 is 5.32 Å². The fourth-order valence-electron chi connectivity index (χ4n) is 2.47. The number of benzene rings is 2. The van der Waals surface area contributed by atoms with Gasteiger partial charge in [-0.05, 0) is 34.7 Å². The van der Waals surface area contributed by atoms with Gasteiger partial charge in [-0.15, -0.1) is 23.1 Å². The number of amides is 1. The van der Waals surface area contributed by atoms with E-state index in [9.17, 15) is 4.79 Å². The van der Waals surface area contributed by atoms with Crippen molar-refractivity contribution < 1.29 is 4.79 Å². The third-order valence-electron chi connectivity index (χ3n) is 3.51. The Morgan fingerprint density at radius 1 is 1.14 bits per heavy atom. The first-order valence-electron chi connectivity index (χ1n) is 7.17. The fourth-order valence-corrected chi connectivity index (χ4v) is 4.07. The second kappa shape index (κ2) is 6.99. The summed E-state index contributed by atoms with van der Waals surface area (Å²) in [6.07, 6.45) is 0. The average molecular weight is 327 g/mol. The number of thioether (sulfide) groups is 1. The highest BCUT2D eigenvalue weighted by Gasteiger charge is 2.12. The van der Waals surface area contributed by atoms with Crippen molar-refractivity contribution in [3.63, 3.8) is 0 Å². The number of carbonyl (C=O) groups excluding carboxylic acids is 1. The Hall–Kier alpha value is -1.78. The normalized spacial score (nSPS) is 12.2. The molecule has 1 amide bonds. The summed E-state index contributed by atoms with van der Waals surface area (Å²) >= 11 is 3.25. The molecule has 1 unspecified atom stereocenters. The van der Waals surface area contributed by atoms with Gasteiger partial charge >= 0.3 is 0 Å². The van der Waals surface area contributed by atoms with Crippen molar-refractivity contribution >= 4 is 39.8 Å². The average Bonchev–Trinajstić information content (AvgIpc) is 3.06. The van der Waals surface area contributed by atoms with Crippen LogP contribution in [0.4, 0.5) is 0 Å². The summed E-state index contributed by atoms with van der Waals surface area (Å²) in [7, 11) is 0. The van der Waals surface area contributed by atoms with Crippen LogP contribution in [0.2, 0.25) is 0 Å². The molecule has 0 radical (unpaired) electrons. The summed E-state index contributed by atoms with van der Waals surface area (Å²) in [5.74, 6) is 0.522. The Kier molecular flexibility index (Phi) is 4.80. The van der Waals surface area contributed by atoms with Crippen LogP contribution in [-0.2, 0) is 4.79 Å². The summed E-state index contributed by atoms with van der Waals surface area (Å²) in [6.45, 7) is 2.04. The predicted octanol–water partition coefficient (Wildman–Crippen LogP) is 4.87. The zero-order chi connectivity index (χ0) is 15.4. The van der Waals surface area contributed by atoms with Crippen LogP contribution in [0.15, 0.2) is 64.2 Å². The number of rotatable bonds is 5. The number of hydrogen-bond acceptors (Lipinski definition) is 3. The Labute approximate surface area is 138 Å². The van der Waals surface area contributed by atoms with Crippen LogP contribution in [0.3, 0.4) is 0 Å². The van der Waals surface area contributed by atoms with Crippen LogP contribution < -0.4 is 5.32 Å². The van der Waals surface area contributed by atoms with E-state index in [2.05, 4.69) is 29.6 Å². The SMILES string of the molecule is CC(NC(=O)CSc1cccs1)c1cccc2ccccc12. The molecule has 0 bridgehead atoms. The second-order valence-electron chi connectivity index (χ2n) is 5.08. The van der Waals surface area contributed by atoms with Gasteiger partial charge in [-0.25, -0.2) is 0 Å². The van der Waals surface area contributed by atoms with Gasteiger partial charge in [0.05, 0.1) is 16.0 Å². The molecule has 1 aromatic heterocycles. The van der Waals surface area contributed by atoms with E-state index in [4.69, 9.17) is 0 Å². The van der Waals surface area contributed by atoms with Crippen molar-refractivity contribution in [1.29, 1.82) is 0 Å². The van der Waals surface area contributed by atoms with Crippen LogP contribution in [0.5, 0.6) is 0 Å². The number of hydrogen-bond donors (Lipinski definition) is 1. The molecule has 0 spiro atoms. The highest BCUT2D eigenvalue weighted by atomic mass is 32.2. The maximum absolute atomic E-state index is 12.1. The van der Waals surface area contributed by atoms with E-state index >= 15 is 0 Å². The van der Waals surface area contributed by atoms with Crippen molar-refractivity contribution in [2.75, 3.05) is 5.75 Å². The fraction of sp³-hybridized carbons (Fsp3) is 0.167. The van der Waals surface area contributed by atoms with Crippen LogP contribution >= 0.6 is 23.1 Å². The third-order valence-corrected chi connectivity index (χ3v) is 5.64. The summed E-state index contributed by atoms with van der Waals surface area (Å²) in [6, 6.07) is 18.5. The van der Waals surface area contributed by atoms with E-state index in [1.165, 1.54) is 15.0 Å². The minimum absolute atomic E-state index is 0.00235. The van der Waals surface area contributed by atoms with Crippen LogP contribution in [0, 0.1) is 0 Å². The van der Waals surface area contributed by atoms with Gasteiger partial charge in [0.15, 0.2) is 0 Å². The second-order valence-corrected chi connectivity index (χ2v) is 7.30. The van der Waals surface area contributed by atoms with Crippen LogP contribution in [0.25, 0.3) is 10.8 Å². The largest absolute Gasteiger partial charge is 0.349 e. The van der Waals surface area contributed by atoms with E-state index in [0.717, 1.165) is 5.56 Å². The lowest BCUT2D eigenvalue weighted by Gasteiger charge is -2.16. The Balaban J connectivity index is 1.68. The summed E-state index contributed by atoms with van der Waals surface area (Å²) in [5.41, 5.74) is 1.16. The molecular formula is C18H17NOS2. The molecule has 2 nitrogen and oxygen atoms in total. The predicted molar refractivity (Wildman–Crippen MR) is 95.5 cm³/mol. The molecule has 0 saturated carbocycles. The van der Waals surface area contributed by atoms with Gasteiger partial charge in [0.2, 0.25) is 5.91 Å². The molecule has 0 saturated heterocycles. The molecule has 0 fully saturated rings. The zero-order valence-corrected chi connectivity index (χ0v) is 13.9. The van der Waals surface area contributed by atoms with Gasteiger partial charge in [0.25, 0.3) is 0 Å². The molecule has 4 heteroatoms. The van der Waals surface area contributed by atoms with Crippen molar-refractivity contribution in [2.24, 2.45) is 0 Å². The molecule has 3 rings (SSSR count). The molecule has 0 aliphatic carbocycles. The topological polar surface area (TPSA) is 29.1 Å². The van der Waals surface area contributed by atoms with E-state index in [-0.39, 0.29) is 11.9 Å². The first-order valence-corrected chi connectivity index (χ1v) is 9.04. The smallest absolute Gasteiger partial charge is 0.230 e. The molecular weight excluding hydrogens is 310 g/mol. The molecule has 1 heterocycles. The van der Waals surface area contributed by atoms with Crippen LogP contribution in [-0.4, -0.2) is 11.7 Å². The molecule has 1 atom stereocenters. The van der Waals surface area contributed by atoms with Gasteiger partial charge in [0, 0.05) is 0 Å². The lowest BCUT2D eigenvalue weighted by atomic mass is 10.00. The van der Waals surface area contributed by atoms with Crippen molar-refractivity contribution in [3.8, 4) is 0 Å². The molecule has 3 aromatic rings. The van der Waals surface area contributed by atoms with E-state index < -0.39 is 0 Å². The first kappa shape index (κ1) is 15.1. The van der Waals surface area contributed by atoms with Crippen LogP contribution in [0.1, 0.15) is 18.5 Å². The zero-order valence-electron chi connectivity index (χ0n) is 12.3. The third kappa shape index (κ3) is 3.51. The quantitative estimate of drug-likeness (QED) is 0.677. The Morgan fingerprint density at radius 3 is 2.77 bits per heavy atom. The maximum Gasteiger partial charge on any atom is 0.230 e. The van der Waals surface area contributed by atoms with E-state index in [0.29, 0.717) is 5.75 Å². The maximum atomic E-state index is 12.1. The lowest BCUT2D eigenvalue weighted by Crippen LogP contribution is -2.28. The summed E-state index contributed by atoms with van der Waals surface area (Å²) < 4.78 is 1.17. The molecule has 1 N–H and O–H groups in total. The van der Waals surface area contributed by atoms with E-state index in [1.807, 2.05) is 42.6 Å². The number of fused-ring (bicyclic) bond motifs is 1. The molecule has 0 aliphatic rings. The van der Waals surface area contributed by atoms with Gasteiger partial charge in [-0.1, -0.05) is 48.5 Å². The number of thiophene rings is 1. The molecule has 22 heavy (non-hydrogen) atoms. The molecule has 0 aliphatic heterocycles. The lowest BCUT2D eigenvalue weighted by molar-refractivity contribution is -0.119. The number of nitrogens with one attached hydrogen (secondary N) is 1. The van der Waals surface area contributed by atoms with Gasteiger partial charge in [-0.2, -0.15) is 0 Å². The Bertz CT molecular complexity index is 762. The van der Waals surface area contributed by atoms with E-state index in [1.54, 1.807) is 23.1 Å². The minimum atomic E-state index is 0.00235. The molecule has 112 valence electrons. The Morgan fingerprint density at radius 2 is 1.95 bits per heavy atom. The monoisotopic (exact) mass is 327 g/mol. The highest BCUT2D eigenvalue weighted by Crippen LogP contribution is 2.25. The van der Waals surface area contributed by atoms with Crippen molar-refractivity contribution in [1.82, 2.24) is 5.32 Å². The first-order chi connectivity index (χ1) is 10.7. The van der Waals surface area contributed by atoms with Gasteiger partial charge in [-0.3, -0.25) is 4.79 Å². The number of carbonyl (C=O) groups is 1. The van der Waals surface area contributed by atoms with Crippen molar-refractivity contribution in [3.05, 3.63) is 65.5 Å². The summed E-state index contributed by atoms with van der Waals surface area (Å²) in [5, 5.41) is 7.52. The molecule has 2 aromatic carbocycles. The highest BCUT2D eigenvalue weighted by molar-refractivity contribution is 8.01. The van der Waals surface area contributed by atoms with Crippen molar-refractivity contribution in [2.45, 2.75) is 17.2 Å². The summed E-state index contributed by atoms with van der Waals surface area (Å²) in [4.78, 5) is 12.1. The minimum Gasteiger partial charge on any atom is -0.349 e. The van der Waals surface area contributed by atoms with Gasteiger partial charge in [0.1, 0.15) is 0 Å². The standard InChI is InChI=1S/C18H17NOS2/c1-13(19-17(20)12-22-18-10-5-11-21-18)15-9-4-7-14-6-2-3-8-16(14)15/h2-11,13H,12H2,1H3,(H,19,20).